The normalized spacial score (nSPS) is 14.4. The Bertz CT molecular complexity index is 130. The van der Waals surface area contributed by atoms with Crippen LogP contribution in [0.4, 0.5) is 0 Å². The molecule has 0 amide bonds. The van der Waals surface area contributed by atoms with E-state index in [4.69, 9.17) is 5.73 Å². The summed E-state index contributed by atoms with van der Waals surface area (Å²) < 4.78 is 0. The molecule has 2 nitrogen and oxygen atoms in total. The van der Waals surface area contributed by atoms with Crippen molar-refractivity contribution in [2.45, 2.75) is 59.4 Å². The van der Waals surface area contributed by atoms with E-state index in [0.29, 0.717) is 11.5 Å². The molecule has 86 valence electrons. The predicted octanol–water partition coefficient (Wildman–Crippen LogP) is 2.53. The topological polar surface area (TPSA) is 38.0 Å². The lowest BCUT2D eigenvalue weighted by Gasteiger charge is -2.24. The quantitative estimate of drug-likeness (QED) is 0.591. The van der Waals surface area contributed by atoms with Crippen LogP contribution in [0.5, 0.6) is 0 Å². The third-order valence-corrected chi connectivity index (χ3v) is 2.54. The van der Waals surface area contributed by atoms with Gasteiger partial charge in [-0.15, -0.1) is 0 Å². The third kappa shape index (κ3) is 8.52. The molecule has 0 saturated heterocycles. The lowest BCUT2D eigenvalue weighted by atomic mass is 9.88. The highest BCUT2D eigenvalue weighted by Gasteiger charge is 2.15. The molecule has 3 N–H and O–H groups in total. The number of nitrogens with two attached hydrogens (primary N) is 1. The number of hydrogen-bond donors (Lipinski definition) is 2. The van der Waals surface area contributed by atoms with Crippen LogP contribution in [0.25, 0.3) is 0 Å². The lowest BCUT2D eigenvalue weighted by Crippen LogP contribution is -2.30. The average Bonchev–Trinajstić information content (AvgIpc) is 2.02. The van der Waals surface area contributed by atoms with Crippen LogP contribution >= 0.6 is 0 Å². The van der Waals surface area contributed by atoms with Gasteiger partial charge < -0.3 is 11.1 Å². The van der Waals surface area contributed by atoms with E-state index in [0.717, 1.165) is 19.5 Å². The Morgan fingerprint density at radius 1 is 1.36 bits per heavy atom. The maximum Gasteiger partial charge on any atom is 0.00109 e. The molecular weight excluding hydrogens is 172 g/mol. The molecular formula is C12H28N2. The van der Waals surface area contributed by atoms with Gasteiger partial charge in [0, 0.05) is 12.6 Å². The van der Waals surface area contributed by atoms with Crippen LogP contribution < -0.4 is 11.1 Å². The summed E-state index contributed by atoms with van der Waals surface area (Å²) in [5, 5.41) is 3.51. The van der Waals surface area contributed by atoms with E-state index in [1.807, 2.05) is 0 Å². The highest BCUT2D eigenvalue weighted by Crippen LogP contribution is 2.20. The second-order valence-electron chi connectivity index (χ2n) is 5.21. The Labute approximate surface area is 89.6 Å². The van der Waals surface area contributed by atoms with E-state index in [2.05, 4.69) is 33.0 Å². The predicted molar refractivity (Wildman–Crippen MR) is 64.4 cm³/mol. The highest BCUT2D eigenvalue weighted by atomic mass is 14.9. The van der Waals surface area contributed by atoms with Crippen LogP contribution in [-0.2, 0) is 0 Å². The Morgan fingerprint density at radius 3 is 2.50 bits per heavy atom. The van der Waals surface area contributed by atoms with E-state index < -0.39 is 0 Å². The van der Waals surface area contributed by atoms with Gasteiger partial charge in [-0.2, -0.15) is 0 Å². The molecule has 0 aromatic carbocycles. The first-order valence-electron chi connectivity index (χ1n) is 5.94. The monoisotopic (exact) mass is 200 g/mol. The molecule has 0 aliphatic carbocycles. The molecule has 0 rings (SSSR count). The summed E-state index contributed by atoms with van der Waals surface area (Å²) in [4.78, 5) is 0. The van der Waals surface area contributed by atoms with Gasteiger partial charge in [0.25, 0.3) is 0 Å². The maximum absolute atomic E-state index is 5.68. The van der Waals surface area contributed by atoms with Crippen molar-refractivity contribution < 1.29 is 0 Å². The van der Waals surface area contributed by atoms with Crippen LogP contribution in [0.3, 0.4) is 0 Å². The molecule has 0 saturated carbocycles. The number of nitrogens with one attached hydrogen (secondary N) is 1. The molecule has 14 heavy (non-hydrogen) atoms. The fraction of sp³-hybridized carbons (Fsp3) is 1.00. The van der Waals surface area contributed by atoms with Crippen molar-refractivity contribution in [1.29, 1.82) is 0 Å². The van der Waals surface area contributed by atoms with Gasteiger partial charge >= 0.3 is 0 Å². The Morgan fingerprint density at radius 2 is 2.00 bits per heavy atom. The first kappa shape index (κ1) is 13.9. The van der Waals surface area contributed by atoms with Crippen LogP contribution in [0.2, 0.25) is 0 Å². The van der Waals surface area contributed by atoms with Gasteiger partial charge in [0.1, 0.15) is 0 Å². The van der Waals surface area contributed by atoms with Gasteiger partial charge in [0.2, 0.25) is 0 Å². The van der Waals surface area contributed by atoms with E-state index in [-0.39, 0.29) is 0 Å². The molecule has 0 spiro atoms. The second-order valence-corrected chi connectivity index (χ2v) is 5.21. The highest BCUT2D eigenvalue weighted by molar-refractivity contribution is 4.70. The van der Waals surface area contributed by atoms with E-state index in [9.17, 15) is 0 Å². The van der Waals surface area contributed by atoms with Gasteiger partial charge in [-0.1, -0.05) is 27.2 Å². The van der Waals surface area contributed by atoms with Gasteiger partial charge in [0.15, 0.2) is 0 Å². The summed E-state index contributed by atoms with van der Waals surface area (Å²) >= 11 is 0. The number of hydrogen-bond acceptors (Lipinski definition) is 2. The van der Waals surface area contributed by atoms with Crippen molar-refractivity contribution >= 4 is 0 Å². The molecule has 1 unspecified atom stereocenters. The van der Waals surface area contributed by atoms with Gasteiger partial charge in [-0.3, -0.25) is 0 Å². The molecule has 0 bridgehead atoms. The molecule has 0 radical (unpaired) electrons. The maximum atomic E-state index is 5.68. The summed E-state index contributed by atoms with van der Waals surface area (Å²) in [7, 11) is 0. The van der Waals surface area contributed by atoms with Crippen molar-refractivity contribution in [2.75, 3.05) is 13.1 Å². The second kappa shape index (κ2) is 7.24. The van der Waals surface area contributed by atoms with Gasteiger partial charge in [-0.05, 0) is 38.1 Å². The summed E-state index contributed by atoms with van der Waals surface area (Å²) in [6, 6.07) is 0.348. The minimum atomic E-state index is 0.348. The molecule has 2 heteroatoms. The summed E-state index contributed by atoms with van der Waals surface area (Å²) in [6.07, 6.45) is 4.89. The van der Waals surface area contributed by atoms with Crippen LogP contribution in [0.15, 0.2) is 0 Å². The van der Waals surface area contributed by atoms with Crippen molar-refractivity contribution in [1.82, 2.24) is 5.32 Å². The van der Waals surface area contributed by atoms with Crippen molar-refractivity contribution in [3.8, 4) is 0 Å². The first-order chi connectivity index (χ1) is 6.48. The summed E-state index contributed by atoms with van der Waals surface area (Å²) in [5.74, 6) is 0. The Balaban J connectivity index is 3.34. The average molecular weight is 200 g/mol. The van der Waals surface area contributed by atoms with Crippen LogP contribution in [0.1, 0.15) is 53.4 Å². The van der Waals surface area contributed by atoms with Crippen LogP contribution in [0, 0.1) is 5.41 Å². The molecule has 0 aliphatic rings. The lowest BCUT2D eigenvalue weighted by molar-refractivity contribution is 0.310. The van der Waals surface area contributed by atoms with E-state index >= 15 is 0 Å². The smallest absolute Gasteiger partial charge is 0.00109 e. The van der Waals surface area contributed by atoms with Gasteiger partial charge in [0.05, 0.1) is 0 Å². The number of rotatable bonds is 8. The van der Waals surface area contributed by atoms with Crippen molar-refractivity contribution in [3.05, 3.63) is 0 Å². The zero-order chi connectivity index (χ0) is 11.0. The summed E-state index contributed by atoms with van der Waals surface area (Å²) in [5.41, 5.74) is 6.13. The minimum absolute atomic E-state index is 0.348. The molecule has 1 atom stereocenters. The fourth-order valence-corrected chi connectivity index (χ4v) is 1.74. The standard InChI is InChI=1S/C12H28N2/c1-5-8-12(3,4)10-14-9-6-7-11(2)13/h11,14H,5-10,13H2,1-4H3. The first-order valence-corrected chi connectivity index (χ1v) is 5.94. The Kier molecular flexibility index (Phi) is 7.20. The Hall–Kier alpha value is -0.0800. The molecule has 0 heterocycles. The van der Waals surface area contributed by atoms with E-state index in [1.54, 1.807) is 0 Å². The van der Waals surface area contributed by atoms with Crippen molar-refractivity contribution in [3.63, 3.8) is 0 Å². The third-order valence-electron chi connectivity index (χ3n) is 2.54. The molecule has 0 aromatic heterocycles. The summed E-state index contributed by atoms with van der Waals surface area (Å²) in [6.45, 7) is 11.2. The zero-order valence-corrected chi connectivity index (χ0v) is 10.4. The SMILES string of the molecule is CCCC(C)(C)CNCCCC(C)N. The molecule has 0 fully saturated rings. The molecule has 0 aromatic rings. The minimum Gasteiger partial charge on any atom is -0.328 e. The fourth-order valence-electron chi connectivity index (χ4n) is 1.74. The van der Waals surface area contributed by atoms with E-state index in [1.165, 1.54) is 19.3 Å². The van der Waals surface area contributed by atoms with Crippen molar-refractivity contribution in [2.24, 2.45) is 11.1 Å². The molecule has 0 aliphatic heterocycles. The zero-order valence-electron chi connectivity index (χ0n) is 10.4. The largest absolute Gasteiger partial charge is 0.328 e. The van der Waals surface area contributed by atoms with Gasteiger partial charge in [-0.25, -0.2) is 0 Å². The van der Waals surface area contributed by atoms with Crippen LogP contribution in [-0.4, -0.2) is 19.1 Å².